The lowest BCUT2D eigenvalue weighted by Gasteiger charge is -2.03. The van der Waals surface area contributed by atoms with E-state index in [2.05, 4.69) is 5.32 Å². The van der Waals surface area contributed by atoms with Crippen LogP contribution in [0.3, 0.4) is 0 Å². The summed E-state index contributed by atoms with van der Waals surface area (Å²) in [5.41, 5.74) is 0. The molecular formula is C8H17NO4S. The van der Waals surface area contributed by atoms with Crippen molar-refractivity contribution in [2.24, 2.45) is 0 Å². The van der Waals surface area contributed by atoms with Crippen LogP contribution in [0.25, 0.3) is 0 Å². The maximum absolute atomic E-state index is 11.0. The normalized spacial score (nSPS) is 11.3. The van der Waals surface area contributed by atoms with Gasteiger partial charge in [0.05, 0.1) is 5.75 Å². The van der Waals surface area contributed by atoms with Gasteiger partial charge < -0.3 is 10.1 Å². The Labute approximate surface area is 84.7 Å². The molecule has 0 radical (unpaired) electrons. The highest BCUT2D eigenvalue weighted by atomic mass is 32.2. The Morgan fingerprint density at radius 2 is 2.07 bits per heavy atom. The number of sulfone groups is 1. The van der Waals surface area contributed by atoms with Crippen molar-refractivity contribution in [3.63, 3.8) is 0 Å². The van der Waals surface area contributed by atoms with Gasteiger partial charge in [0.2, 0.25) is 5.91 Å². The summed E-state index contributed by atoms with van der Waals surface area (Å²) in [7, 11) is -1.45. The van der Waals surface area contributed by atoms with Crippen LogP contribution in [-0.4, -0.2) is 46.6 Å². The molecule has 0 bridgehead atoms. The van der Waals surface area contributed by atoms with Crippen molar-refractivity contribution < 1.29 is 17.9 Å². The van der Waals surface area contributed by atoms with E-state index in [-0.39, 0.29) is 18.1 Å². The fourth-order valence-electron chi connectivity index (χ4n) is 0.811. The first-order chi connectivity index (χ1) is 6.45. The molecule has 5 nitrogen and oxygen atoms in total. The first-order valence-electron chi connectivity index (χ1n) is 4.39. The number of carbonyl (C=O) groups is 1. The summed E-state index contributed by atoms with van der Waals surface area (Å²) in [6, 6.07) is 0. The lowest BCUT2D eigenvalue weighted by atomic mass is 10.4. The Kier molecular flexibility index (Phi) is 6.48. The highest BCUT2D eigenvalue weighted by Gasteiger charge is 2.06. The van der Waals surface area contributed by atoms with Gasteiger partial charge in [-0.3, -0.25) is 4.79 Å². The average Bonchev–Trinajstić information content (AvgIpc) is 2.08. The zero-order valence-electron chi connectivity index (χ0n) is 8.58. The van der Waals surface area contributed by atoms with Gasteiger partial charge in [0.25, 0.3) is 0 Å². The molecule has 1 N–H and O–H groups in total. The van der Waals surface area contributed by atoms with E-state index in [4.69, 9.17) is 4.74 Å². The second-order valence-corrected chi connectivity index (χ2v) is 5.34. The minimum atomic E-state index is -3.04. The molecule has 0 aliphatic rings. The Morgan fingerprint density at radius 1 is 1.43 bits per heavy atom. The number of methoxy groups -OCH3 is 1. The van der Waals surface area contributed by atoms with E-state index in [1.165, 1.54) is 0 Å². The number of hydrogen-bond donors (Lipinski definition) is 1. The molecule has 0 aromatic carbocycles. The van der Waals surface area contributed by atoms with Gasteiger partial charge in [-0.2, -0.15) is 0 Å². The van der Waals surface area contributed by atoms with Gasteiger partial charge in [-0.05, 0) is 6.42 Å². The van der Waals surface area contributed by atoms with Crippen LogP contribution in [-0.2, 0) is 19.4 Å². The Hall–Kier alpha value is -0.620. The van der Waals surface area contributed by atoms with Crippen molar-refractivity contribution in [2.75, 3.05) is 32.3 Å². The summed E-state index contributed by atoms with van der Waals surface area (Å²) in [5, 5.41) is 2.61. The largest absolute Gasteiger partial charge is 0.385 e. The van der Waals surface area contributed by atoms with Gasteiger partial charge in [0.15, 0.2) is 0 Å². The highest BCUT2D eigenvalue weighted by molar-refractivity contribution is 7.90. The predicted molar refractivity (Wildman–Crippen MR) is 53.8 cm³/mol. The maximum Gasteiger partial charge on any atom is 0.221 e. The molecule has 14 heavy (non-hydrogen) atoms. The molecule has 0 atom stereocenters. The van der Waals surface area contributed by atoms with E-state index >= 15 is 0 Å². The third-order valence-electron chi connectivity index (χ3n) is 1.55. The van der Waals surface area contributed by atoms with Gasteiger partial charge >= 0.3 is 0 Å². The van der Waals surface area contributed by atoms with Crippen molar-refractivity contribution in [2.45, 2.75) is 12.8 Å². The van der Waals surface area contributed by atoms with Crippen molar-refractivity contribution in [1.29, 1.82) is 0 Å². The van der Waals surface area contributed by atoms with Gasteiger partial charge in [-0.25, -0.2) is 8.42 Å². The van der Waals surface area contributed by atoms with E-state index in [0.29, 0.717) is 13.2 Å². The van der Waals surface area contributed by atoms with Crippen LogP contribution in [0.1, 0.15) is 12.8 Å². The van der Waals surface area contributed by atoms with Crippen LogP contribution >= 0.6 is 0 Å². The molecule has 0 heterocycles. The van der Waals surface area contributed by atoms with Crippen molar-refractivity contribution in [1.82, 2.24) is 5.32 Å². The zero-order chi connectivity index (χ0) is 11.0. The highest BCUT2D eigenvalue weighted by Crippen LogP contribution is 1.89. The minimum Gasteiger partial charge on any atom is -0.385 e. The molecule has 84 valence electrons. The molecule has 0 aliphatic carbocycles. The number of ether oxygens (including phenoxy) is 1. The molecule has 0 rings (SSSR count). The SMILES string of the molecule is COCCCNC(=O)CCS(C)(=O)=O. The molecule has 1 amide bonds. The lowest BCUT2D eigenvalue weighted by Crippen LogP contribution is -2.26. The molecule has 0 aromatic rings. The molecule has 6 heteroatoms. The number of carbonyl (C=O) groups excluding carboxylic acids is 1. The fraction of sp³-hybridized carbons (Fsp3) is 0.875. The Bertz CT molecular complexity index is 261. The number of rotatable bonds is 7. The summed E-state index contributed by atoms with van der Waals surface area (Å²) in [5.74, 6) is -0.324. The average molecular weight is 223 g/mol. The van der Waals surface area contributed by atoms with Crippen LogP contribution in [0.4, 0.5) is 0 Å². The van der Waals surface area contributed by atoms with E-state index in [0.717, 1.165) is 12.7 Å². The second-order valence-electron chi connectivity index (χ2n) is 3.08. The van der Waals surface area contributed by atoms with E-state index in [1.54, 1.807) is 7.11 Å². The standard InChI is InChI=1S/C8H17NO4S/c1-13-6-3-5-9-8(10)4-7-14(2,11)12/h3-7H2,1-2H3,(H,9,10). The smallest absolute Gasteiger partial charge is 0.221 e. The summed E-state index contributed by atoms with van der Waals surface area (Å²) in [6.45, 7) is 1.11. The van der Waals surface area contributed by atoms with Gasteiger partial charge in [-0.1, -0.05) is 0 Å². The van der Waals surface area contributed by atoms with Crippen LogP contribution in [0.15, 0.2) is 0 Å². The first kappa shape index (κ1) is 13.4. The summed E-state index contributed by atoms with van der Waals surface area (Å²) in [6.07, 6.45) is 1.89. The monoisotopic (exact) mass is 223 g/mol. The zero-order valence-corrected chi connectivity index (χ0v) is 9.39. The predicted octanol–water partition coefficient (Wildman–Crippen LogP) is -0.426. The molecule has 0 aromatic heterocycles. The van der Waals surface area contributed by atoms with Crippen LogP contribution in [0, 0.1) is 0 Å². The lowest BCUT2D eigenvalue weighted by molar-refractivity contribution is -0.120. The third-order valence-corrected chi connectivity index (χ3v) is 2.49. The third kappa shape index (κ3) is 9.47. The topological polar surface area (TPSA) is 72.5 Å². The Morgan fingerprint density at radius 3 is 2.57 bits per heavy atom. The van der Waals surface area contributed by atoms with E-state index in [1.807, 2.05) is 0 Å². The summed E-state index contributed by atoms with van der Waals surface area (Å²) in [4.78, 5) is 11.0. The number of nitrogens with one attached hydrogen (secondary N) is 1. The van der Waals surface area contributed by atoms with Crippen LogP contribution in [0.2, 0.25) is 0 Å². The van der Waals surface area contributed by atoms with Crippen LogP contribution in [0.5, 0.6) is 0 Å². The molecule has 0 saturated heterocycles. The summed E-state index contributed by atoms with van der Waals surface area (Å²) >= 11 is 0. The van der Waals surface area contributed by atoms with E-state index in [9.17, 15) is 13.2 Å². The van der Waals surface area contributed by atoms with Crippen molar-refractivity contribution >= 4 is 15.7 Å². The van der Waals surface area contributed by atoms with Crippen LogP contribution < -0.4 is 5.32 Å². The second kappa shape index (κ2) is 6.78. The first-order valence-corrected chi connectivity index (χ1v) is 6.45. The van der Waals surface area contributed by atoms with Crippen molar-refractivity contribution in [3.05, 3.63) is 0 Å². The van der Waals surface area contributed by atoms with Gasteiger partial charge in [-0.15, -0.1) is 0 Å². The number of amides is 1. The van der Waals surface area contributed by atoms with Gasteiger partial charge in [0.1, 0.15) is 9.84 Å². The molecule has 0 spiro atoms. The van der Waals surface area contributed by atoms with Crippen molar-refractivity contribution in [3.8, 4) is 0 Å². The number of hydrogen-bond acceptors (Lipinski definition) is 4. The molecule has 0 fully saturated rings. The molecule has 0 unspecified atom stereocenters. The van der Waals surface area contributed by atoms with E-state index < -0.39 is 9.84 Å². The summed E-state index contributed by atoms with van der Waals surface area (Å²) < 4.78 is 26.2. The fourth-order valence-corrected chi connectivity index (χ4v) is 1.37. The molecular weight excluding hydrogens is 206 g/mol. The molecule has 0 aliphatic heterocycles. The quantitative estimate of drug-likeness (QED) is 0.595. The van der Waals surface area contributed by atoms with Gasteiger partial charge in [0, 0.05) is 32.9 Å². The maximum atomic E-state index is 11.0. The molecule has 0 saturated carbocycles. The minimum absolute atomic E-state index is 0.0335. The Balaban J connectivity index is 3.47.